The number of aromatic nitrogens is 1. The van der Waals surface area contributed by atoms with Crippen LogP contribution in [0.15, 0.2) is 30.5 Å². The second-order valence-electron chi connectivity index (χ2n) is 3.74. The molecule has 0 bridgehead atoms. The number of hydrogen-bond acceptors (Lipinski definition) is 3. The zero-order chi connectivity index (χ0) is 11.4. The first-order chi connectivity index (χ1) is 7.83. The standard InChI is InChI=1S/C13H16N3/c1-2-3-8-15-13-10-6-4-5-7-12(10)16-9-11(13)14/h4-7,9H,1-3,8,14H2,(H,15,16). The fraction of sp³-hybridized carbons (Fsp3) is 0.231. The Morgan fingerprint density at radius 1 is 1.31 bits per heavy atom. The highest BCUT2D eigenvalue weighted by Crippen LogP contribution is 2.27. The molecule has 0 fully saturated rings. The Bertz CT molecular complexity index is 480. The molecule has 0 aliphatic rings. The van der Waals surface area contributed by atoms with Gasteiger partial charge in [0.05, 0.1) is 23.1 Å². The third kappa shape index (κ3) is 2.08. The normalized spacial score (nSPS) is 10.6. The van der Waals surface area contributed by atoms with E-state index in [1.54, 1.807) is 6.20 Å². The van der Waals surface area contributed by atoms with E-state index in [-0.39, 0.29) is 0 Å². The van der Waals surface area contributed by atoms with E-state index in [1.807, 2.05) is 24.3 Å². The van der Waals surface area contributed by atoms with Gasteiger partial charge < -0.3 is 11.1 Å². The molecule has 1 heterocycles. The lowest BCUT2D eigenvalue weighted by Gasteiger charge is -2.11. The minimum Gasteiger partial charge on any atom is -0.396 e. The Morgan fingerprint density at radius 3 is 2.94 bits per heavy atom. The molecule has 1 aromatic carbocycles. The molecule has 0 amide bonds. The molecule has 3 heteroatoms. The summed E-state index contributed by atoms with van der Waals surface area (Å²) in [5.74, 6) is 0. The number of nitrogens with one attached hydrogen (secondary N) is 1. The Balaban J connectivity index is 2.37. The van der Waals surface area contributed by atoms with Gasteiger partial charge in [0.25, 0.3) is 0 Å². The van der Waals surface area contributed by atoms with E-state index >= 15 is 0 Å². The molecule has 0 saturated heterocycles. The second-order valence-corrected chi connectivity index (χ2v) is 3.74. The average molecular weight is 214 g/mol. The lowest BCUT2D eigenvalue weighted by molar-refractivity contribution is 0.888. The molecular weight excluding hydrogens is 198 g/mol. The summed E-state index contributed by atoms with van der Waals surface area (Å²) >= 11 is 0. The molecule has 0 aliphatic carbocycles. The first kappa shape index (κ1) is 10.7. The van der Waals surface area contributed by atoms with Crippen molar-refractivity contribution in [2.45, 2.75) is 12.8 Å². The van der Waals surface area contributed by atoms with E-state index in [2.05, 4.69) is 17.2 Å². The van der Waals surface area contributed by atoms with Crippen LogP contribution in [-0.4, -0.2) is 11.5 Å². The van der Waals surface area contributed by atoms with Crippen molar-refractivity contribution in [3.05, 3.63) is 37.4 Å². The summed E-state index contributed by atoms with van der Waals surface area (Å²) in [5.41, 5.74) is 8.58. The highest BCUT2D eigenvalue weighted by Gasteiger charge is 2.04. The van der Waals surface area contributed by atoms with Crippen LogP contribution in [0.2, 0.25) is 0 Å². The topological polar surface area (TPSA) is 50.9 Å². The summed E-state index contributed by atoms with van der Waals surface area (Å²) < 4.78 is 0. The Labute approximate surface area is 95.7 Å². The van der Waals surface area contributed by atoms with Gasteiger partial charge in [-0.05, 0) is 12.5 Å². The van der Waals surface area contributed by atoms with E-state index in [4.69, 9.17) is 5.73 Å². The van der Waals surface area contributed by atoms with E-state index in [1.165, 1.54) is 0 Å². The van der Waals surface area contributed by atoms with Gasteiger partial charge in [0.15, 0.2) is 0 Å². The number of hydrogen-bond donors (Lipinski definition) is 2. The summed E-state index contributed by atoms with van der Waals surface area (Å²) in [6.07, 6.45) is 3.67. The zero-order valence-corrected chi connectivity index (χ0v) is 9.24. The van der Waals surface area contributed by atoms with Gasteiger partial charge in [-0.3, -0.25) is 4.98 Å². The van der Waals surface area contributed by atoms with Crippen LogP contribution in [0.25, 0.3) is 10.9 Å². The van der Waals surface area contributed by atoms with Crippen molar-refractivity contribution in [3.63, 3.8) is 0 Å². The monoisotopic (exact) mass is 214 g/mol. The van der Waals surface area contributed by atoms with Gasteiger partial charge in [-0.25, -0.2) is 0 Å². The number of para-hydroxylation sites is 1. The molecule has 1 aromatic heterocycles. The molecule has 3 nitrogen and oxygen atoms in total. The van der Waals surface area contributed by atoms with Crippen LogP contribution in [0, 0.1) is 6.92 Å². The van der Waals surface area contributed by atoms with Gasteiger partial charge in [0.1, 0.15) is 0 Å². The predicted octanol–water partition coefficient (Wildman–Crippen LogP) is 2.84. The second kappa shape index (κ2) is 4.84. The van der Waals surface area contributed by atoms with Crippen LogP contribution in [0.5, 0.6) is 0 Å². The van der Waals surface area contributed by atoms with E-state index in [0.29, 0.717) is 5.69 Å². The van der Waals surface area contributed by atoms with Crippen molar-refractivity contribution >= 4 is 22.3 Å². The van der Waals surface area contributed by atoms with Gasteiger partial charge >= 0.3 is 0 Å². The van der Waals surface area contributed by atoms with E-state index < -0.39 is 0 Å². The number of rotatable bonds is 4. The molecule has 83 valence electrons. The van der Waals surface area contributed by atoms with Gasteiger partial charge in [-0.2, -0.15) is 0 Å². The van der Waals surface area contributed by atoms with E-state index in [0.717, 1.165) is 36.0 Å². The number of pyridine rings is 1. The molecule has 16 heavy (non-hydrogen) atoms. The summed E-state index contributed by atoms with van der Waals surface area (Å²) in [5, 5.41) is 4.43. The van der Waals surface area contributed by atoms with Crippen LogP contribution in [0.4, 0.5) is 11.4 Å². The Hall–Kier alpha value is -1.77. The lowest BCUT2D eigenvalue weighted by atomic mass is 10.1. The lowest BCUT2D eigenvalue weighted by Crippen LogP contribution is -2.05. The fourth-order valence-electron chi connectivity index (χ4n) is 1.69. The molecule has 0 saturated carbocycles. The highest BCUT2D eigenvalue weighted by atomic mass is 14.9. The highest BCUT2D eigenvalue weighted by molar-refractivity contribution is 5.96. The third-order valence-electron chi connectivity index (χ3n) is 2.53. The Kier molecular flexibility index (Phi) is 3.25. The minimum absolute atomic E-state index is 0.697. The molecule has 0 atom stereocenters. The SMILES string of the molecule is [CH2]CCCNc1c(N)cnc2ccccc12. The average Bonchev–Trinajstić information content (AvgIpc) is 2.32. The summed E-state index contributed by atoms with van der Waals surface area (Å²) in [6, 6.07) is 7.99. The number of nitrogens with two attached hydrogens (primary N) is 1. The maximum Gasteiger partial charge on any atom is 0.0743 e. The van der Waals surface area contributed by atoms with Crippen LogP contribution in [-0.2, 0) is 0 Å². The fourth-order valence-corrected chi connectivity index (χ4v) is 1.69. The Morgan fingerprint density at radius 2 is 2.12 bits per heavy atom. The largest absolute Gasteiger partial charge is 0.396 e. The molecular formula is C13H16N3. The quantitative estimate of drug-likeness (QED) is 0.769. The van der Waals surface area contributed by atoms with Crippen molar-refractivity contribution in [2.24, 2.45) is 0 Å². The maximum absolute atomic E-state index is 5.93. The van der Waals surface area contributed by atoms with Gasteiger partial charge in [0.2, 0.25) is 0 Å². The molecule has 0 unspecified atom stereocenters. The maximum atomic E-state index is 5.93. The minimum atomic E-state index is 0.697. The van der Waals surface area contributed by atoms with Crippen molar-refractivity contribution in [1.29, 1.82) is 0 Å². The van der Waals surface area contributed by atoms with Crippen molar-refractivity contribution in [1.82, 2.24) is 4.98 Å². The summed E-state index contributed by atoms with van der Waals surface area (Å²) in [7, 11) is 0. The van der Waals surface area contributed by atoms with E-state index in [9.17, 15) is 0 Å². The summed E-state index contributed by atoms with van der Waals surface area (Å²) in [4.78, 5) is 4.29. The number of anilines is 2. The predicted molar refractivity (Wildman–Crippen MR) is 69.2 cm³/mol. The smallest absolute Gasteiger partial charge is 0.0743 e. The number of fused-ring (bicyclic) bond motifs is 1. The van der Waals surface area contributed by atoms with Crippen molar-refractivity contribution in [3.8, 4) is 0 Å². The van der Waals surface area contributed by atoms with Crippen LogP contribution in [0.1, 0.15) is 12.8 Å². The molecule has 0 aliphatic heterocycles. The number of benzene rings is 1. The third-order valence-corrected chi connectivity index (χ3v) is 2.53. The molecule has 2 aromatic rings. The molecule has 1 radical (unpaired) electrons. The molecule has 2 rings (SSSR count). The van der Waals surface area contributed by atoms with Gasteiger partial charge in [0, 0.05) is 11.9 Å². The summed E-state index contributed by atoms with van der Waals surface area (Å²) in [6.45, 7) is 4.71. The van der Waals surface area contributed by atoms with Crippen molar-refractivity contribution in [2.75, 3.05) is 17.6 Å². The number of unbranched alkanes of at least 4 members (excludes halogenated alkanes) is 1. The molecule has 0 spiro atoms. The zero-order valence-electron chi connectivity index (χ0n) is 9.24. The van der Waals surface area contributed by atoms with Crippen LogP contribution in [0.3, 0.4) is 0 Å². The van der Waals surface area contributed by atoms with Crippen LogP contribution < -0.4 is 11.1 Å². The first-order valence-electron chi connectivity index (χ1n) is 5.49. The number of nitrogens with zero attached hydrogens (tertiary/aromatic N) is 1. The van der Waals surface area contributed by atoms with Crippen molar-refractivity contribution < 1.29 is 0 Å². The van der Waals surface area contributed by atoms with Gasteiger partial charge in [-0.1, -0.05) is 31.5 Å². The van der Waals surface area contributed by atoms with Crippen LogP contribution >= 0.6 is 0 Å². The van der Waals surface area contributed by atoms with Gasteiger partial charge in [-0.15, -0.1) is 0 Å². The first-order valence-corrected chi connectivity index (χ1v) is 5.49. The molecule has 3 N–H and O–H groups in total. The number of nitrogen functional groups attached to an aromatic ring is 1.